The van der Waals surface area contributed by atoms with Crippen LogP contribution in [0, 0.1) is 0 Å². The van der Waals surface area contributed by atoms with E-state index in [0.717, 1.165) is 39.1 Å². The zero-order chi connectivity index (χ0) is 14.7. The Bertz CT molecular complexity index is 578. The monoisotopic (exact) mass is 305 g/mol. The normalized spacial score (nSPS) is 20.0. The van der Waals surface area contributed by atoms with E-state index in [2.05, 4.69) is 47.1 Å². The third-order valence-electron chi connectivity index (χ3n) is 3.99. The largest absolute Gasteiger partial charge is 0.378 e. The maximum atomic E-state index is 5.70. The van der Waals surface area contributed by atoms with Crippen LogP contribution in [0.15, 0.2) is 23.7 Å². The fraction of sp³-hybridized carbons (Fsp3) is 0.562. The van der Waals surface area contributed by atoms with E-state index >= 15 is 0 Å². The maximum absolute atomic E-state index is 5.70. The minimum Gasteiger partial charge on any atom is -0.378 e. The summed E-state index contributed by atoms with van der Waals surface area (Å²) in [6.07, 6.45) is 4.36. The van der Waals surface area contributed by atoms with Gasteiger partial charge < -0.3 is 9.30 Å². The zero-order valence-corrected chi connectivity index (χ0v) is 13.6. The molecular weight excluding hydrogens is 282 g/mol. The molecule has 2 aromatic rings. The molecule has 0 bridgehead atoms. The number of ether oxygens (including phenoxy) is 1. The summed E-state index contributed by atoms with van der Waals surface area (Å²) in [6, 6.07) is 4.62. The predicted molar refractivity (Wildman–Crippen MR) is 85.5 cm³/mol. The van der Waals surface area contributed by atoms with Gasteiger partial charge in [0, 0.05) is 37.4 Å². The van der Waals surface area contributed by atoms with Crippen LogP contribution >= 0.6 is 11.3 Å². The summed E-state index contributed by atoms with van der Waals surface area (Å²) >= 11 is 1.79. The van der Waals surface area contributed by atoms with Crippen molar-refractivity contribution >= 4 is 11.3 Å². The molecule has 0 spiro atoms. The highest BCUT2D eigenvalue weighted by atomic mass is 32.1. The lowest BCUT2D eigenvalue weighted by molar-refractivity contribution is -0.0156. The molecule has 21 heavy (non-hydrogen) atoms. The first-order valence-corrected chi connectivity index (χ1v) is 8.52. The highest BCUT2D eigenvalue weighted by Gasteiger charge is 2.26. The summed E-state index contributed by atoms with van der Waals surface area (Å²) in [5.74, 6) is 0. The van der Waals surface area contributed by atoms with Crippen molar-refractivity contribution in [3.63, 3.8) is 0 Å². The van der Waals surface area contributed by atoms with Crippen molar-refractivity contribution in [2.24, 2.45) is 7.05 Å². The Morgan fingerprint density at radius 3 is 3.14 bits per heavy atom. The van der Waals surface area contributed by atoms with Crippen LogP contribution in [-0.4, -0.2) is 34.2 Å². The van der Waals surface area contributed by atoms with Crippen molar-refractivity contribution in [2.75, 3.05) is 19.8 Å². The van der Waals surface area contributed by atoms with Crippen molar-refractivity contribution in [3.05, 3.63) is 40.1 Å². The molecule has 0 unspecified atom stereocenters. The van der Waals surface area contributed by atoms with E-state index in [9.17, 15) is 0 Å². The maximum Gasteiger partial charge on any atom is 0.0928 e. The van der Waals surface area contributed by atoms with Crippen LogP contribution in [0.1, 0.15) is 35.8 Å². The third-order valence-corrected chi connectivity index (χ3v) is 4.95. The molecule has 5 heteroatoms. The van der Waals surface area contributed by atoms with Gasteiger partial charge in [0.1, 0.15) is 0 Å². The number of morpholine rings is 1. The van der Waals surface area contributed by atoms with Gasteiger partial charge in [-0.25, -0.2) is 4.98 Å². The summed E-state index contributed by atoms with van der Waals surface area (Å²) in [5, 5.41) is 3.47. The molecule has 1 aliphatic rings. The van der Waals surface area contributed by atoms with Crippen LogP contribution in [0.2, 0.25) is 0 Å². The van der Waals surface area contributed by atoms with Crippen molar-refractivity contribution < 1.29 is 4.74 Å². The summed E-state index contributed by atoms with van der Waals surface area (Å²) in [5.41, 5.74) is 2.52. The molecule has 1 saturated heterocycles. The first kappa shape index (κ1) is 14.8. The Hall–Kier alpha value is -1.17. The highest BCUT2D eigenvalue weighted by molar-refractivity contribution is 7.09. The quantitative estimate of drug-likeness (QED) is 0.850. The minimum atomic E-state index is 0.329. The molecule has 2 aromatic heterocycles. The molecule has 0 saturated carbocycles. The van der Waals surface area contributed by atoms with Gasteiger partial charge in [0.05, 0.1) is 30.0 Å². The van der Waals surface area contributed by atoms with Gasteiger partial charge in [-0.1, -0.05) is 6.92 Å². The van der Waals surface area contributed by atoms with E-state index in [-0.39, 0.29) is 0 Å². The van der Waals surface area contributed by atoms with Gasteiger partial charge in [0.2, 0.25) is 0 Å². The second kappa shape index (κ2) is 6.73. The lowest BCUT2D eigenvalue weighted by Crippen LogP contribution is -2.39. The number of nitrogens with zero attached hydrogens (tertiary/aromatic N) is 3. The van der Waals surface area contributed by atoms with Crippen molar-refractivity contribution in [3.8, 4) is 0 Å². The van der Waals surface area contributed by atoms with Crippen LogP contribution in [0.5, 0.6) is 0 Å². The number of aromatic nitrogens is 2. The standard InChI is InChI=1S/C16H23N3OS/c1-3-5-16-17-13(12-21-16)10-19-8-9-20-11-15(19)14-6-4-7-18(14)2/h4,6-7,12,15H,3,5,8-11H2,1-2H3/t15-/m1/s1. The smallest absolute Gasteiger partial charge is 0.0928 e. The topological polar surface area (TPSA) is 30.3 Å². The molecule has 0 radical (unpaired) electrons. The van der Waals surface area contributed by atoms with E-state index < -0.39 is 0 Å². The van der Waals surface area contributed by atoms with Crippen molar-refractivity contribution in [1.82, 2.24) is 14.5 Å². The van der Waals surface area contributed by atoms with Crippen LogP contribution < -0.4 is 0 Å². The van der Waals surface area contributed by atoms with E-state index in [1.807, 2.05) is 0 Å². The Kier molecular flexibility index (Phi) is 4.73. The molecule has 0 amide bonds. The fourth-order valence-corrected chi connectivity index (χ4v) is 3.77. The SMILES string of the molecule is CCCc1nc(CN2CCOC[C@@H]2c2cccn2C)cs1. The van der Waals surface area contributed by atoms with Gasteiger partial charge >= 0.3 is 0 Å². The molecular formula is C16H23N3OS. The molecule has 0 aliphatic carbocycles. The molecule has 1 atom stereocenters. The second-order valence-electron chi connectivity index (χ2n) is 5.59. The summed E-state index contributed by atoms with van der Waals surface area (Å²) in [7, 11) is 2.10. The lowest BCUT2D eigenvalue weighted by Gasteiger charge is -2.35. The molecule has 3 rings (SSSR count). The Morgan fingerprint density at radius 1 is 1.48 bits per heavy atom. The highest BCUT2D eigenvalue weighted by Crippen LogP contribution is 2.26. The Labute approximate surface area is 130 Å². The van der Waals surface area contributed by atoms with Crippen LogP contribution in [0.3, 0.4) is 0 Å². The van der Waals surface area contributed by atoms with Crippen molar-refractivity contribution in [1.29, 1.82) is 0 Å². The van der Waals surface area contributed by atoms with Crippen LogP contribution in [0.25, 0.3) is 0 Å². The van der Waals surface area contributed by atoms with Gasteiger partial charge in [-0.05, 0) is 25.0 Å². The number of hydrogen-bond donors (Lipinski definition) is 0. The van der Waals surface area contributed by atoms with Crippen molar-refractivity contribution in [2.45, 2.75) is 32.4 Å². The number of rotatable bonds is 5. The molecule has 1 aliphatic heterocycles. The second-order valence-corrected chi connectivity index (χ2v) is 6.53. The van der Waals surface area contributed by atoms with E-state index in [4.69, 9.17) is 9.72 Å². The molecule has 1 fully saturated rings. The summed E-state index contributed by atoms with van der Waals surface area (Å²) < 4.78 is 7.89. The first-order valence-electron chi connectivity index (χ1n) is 7.64. The van der Waals surface area contributed by atoms with E-state index in [1.54, 1.807) is 11.3 Å². The third kappa shape index (κ3) is 3.36. The lowest BCUT2D eigenvalue weighted by atomic mass is 10.1. The number of aryl methyl sites for hydroxylation is 2. The Morgan fingerprint density at radius 2 is 2.38 bits per heavy atom. The number of thiazole rings is 1. The van der Waals surface area contributed by atoms with Gasteiger partial charge in [0.25, 0.3) is 0 Å². The first-order chi connectivity index (χ1) is 10.3. The van der Waals surface area contributed by atoms with Crippen LogP contribution in [0.4, 0.5) is 0 Å². The summed E-state index contributed by atoms with van der Waals surface area (Å²) in [4.78, 5) is 7.25. The molecule has 4 nitrogen and oxygen atoms in total. The van der Waals surface area contributed by atoms with Gasteiger partial charge in [0.15, 0.2) is 0 Å². The number of hydrogen-bond acceptors (Lipinski definition) is 4. The molecule has 0 N–H and O–H groups in total. The van der Waals surface area contributed by atoms with Gasteiger partial charge in [-0.3, -0.25) is 4.90 Å². The average molecular weight is 305 g/mol. The van der Waals surface area contributed by atoms with E-state index in [1.165, 1.54) is 16.4 Å². The van der Waals surface area contributed by atoms with Gasteiger partial charge in [-0.2, -0.15) is 0 Å². The zero-order valence-electron chi connectivity index (χ0n) is 12.8. The molecule has 114 valence electrons. The molecule has 3 heterocycles. The van der Waals surface area contributed by atoms with E-state index in [0.29, 0.717) is 6.04 Å². The van der Waals surface area contributed by atoms with Crippen LogP contribution in [-0.2, 0) is 24.8 Å². The Balaban J connectivity index is 1.73. The minimum absolute atomic E-state index is 0.329. The predicted octanol–water partition coefficient (Wildman–Crippen LogP) is 3.01. The fourth-order valence-electron chi connectivity index (χ4n) is 2.88. The average Bonchev–Trinajstić information content (AvgIpc) is 3.09. The summed E-state index contributed by atoms with van der Waals surface area (Å²) in [6.45, 7) is 5.67. The molecule has 0 aromatic carbocycles. The van der Waals surface area contributed by atoms with Gasteiger partial charge in [-0.15, -0.1) is 11.3 Å².